The minimum absolute atomic E-state index is 0.305. The normalized spacial score (nSPS) is 10.3. The third-order valence-electron chi connectivity index (χ3n) is 2.97. The minimum Gasteiger partial charge on any atom is -0.462 e. The van der Waals surface area contributed by atoms with Crippen LogP contribution in [0.2, 0.25) is 0 Å². The van der Waals surface area contributed by atoms with Crippen molar-refractivity contribution in [3.05, 3.63) is 29.8 Å². The summed E-state index contributed by atoms with van der Waals surface area (Å²) < 4.78 is 9.76. The Morgan fingerprint density at radius 2 is 1.74 bits per heavy atom. The number of esters is 2. The van der Waals surface area contributed by atoms with Gasteiger partial charge in [0.25, 0.3) is 5.91 Å². The second-order valence-electron chi connectivity index (χ2n) is 5.44. The highest BCUT2D eigenvalue weighted by Crippen LogP contribution is 2.11. The van der Waals surface area contributed by atoms with Crippen LogP contribution in [0.3, 0.4) is 0 Å². The summed E-state index contributed by atoms with van der Waals surface area (Å²) in [6, 6.07) is 6.29. The van der Waals surface area contributed by atoms with Gasteiger partial charge in [-0.25, -0.2) is 4.79 Å². The van der Waals surface area contributed by atoms with E-state index in [2.05, 4.69) is 5.32 Å². The molecule has 0 aliphatic rings. The van der Waals surface area contributed by atoms with Crippen LogP contribution in [0.4, 0.5) is 5.69 Å². The molecule has 1 aromatic carbocycles. The number of carbonyl (C=O) groups is 3. The van der Waals surface area contributed by atoms with Crippen LogP contribution in [0.5, 0.6) is 0 Å². The highest BCUT2D eigenvalue weighted by Gasteiger charge is 2.10. The van der Waals surface area contributed by atoms with E-state index in [9.17, 15) is 14.4 Å². The number of ether oxygens (including phenoxy) is 2. The van der Waals surface area contributed by atoms with E-state index < -0.39 is 11.9 Å². The van der Waals surface area contributed by atoms with Crippen LogP contribution in [-0.4, -0.2) is 31.1 Å². The lowest BCUT2D eigenvalue weighted by atomic mass is 10.1. The molecule has 6 heteroatoms. The van der Waals surface area contributed by atoms with Crippen molar-refractivity contribution in [2.45, 2.75) is 33.6 Å². The number of hydrogen-bond donors (Lipinski definition) is 1. The van der Waals surface area contributed by atoms with Crippen molar-refractivity contribution < 1.29 is 23.9 Å². The van der Waals surface area contributed by atoms with Gasteiger partial charge in [-0.15, -0.1) is 0 Å². The molecule has 1 aromatic rings. The summed E-state index contributed by atoms with van der Waals surface area (Å²) in [6.07, 6.45) is 1.04. The lowest BCUT2D eigenvalue weighted by molar-refractivity contribution is -0.147. The Labute approximate surface area is 136 Å². The lowest BCUT2D eigenvalue weighted by Crippen LogP contribution is -2.21. The highest BCUT2D eigenvalue weighted by molar-refractivity contribution is 5.94. The Hall–Kier alpha value is -2.37. The van der Waals surface area contributed by atoms with Crippen LogP contribution >= 0.6 is 0 Å². The fraction of sp³-hybridized carbons (Fsp3) is 0.471. The Morgan fingerprint density at radius 1 is 1.09 bits per heavy atom. The van der Waals surface area contributed by atoms with E-state index in [0.29, 0.717) is 30.2 Å². The fourth-order valence-corrected chi connectivity index (χ4v) is 1.73. The molecule has 1 amide bonds. The Kier molecular flexibility index (Phi) is 7.80. The van der Waals surface area contributed by atoms with E-state index in [-0.39, 0.29) is 12.6 Å². The molecule has 0 bridgehead atoms. The van der Waals surface area contributed by atoms with Gasteiger partial charge in [-0.05, 0) is 43.5 Å². The number of carbonyl (C=O) groups excluding carboxylic acids is 3. The standard InChI is InChI=1S/C17H23NO5/c1-4-22-17(21)13-6-8-14(9-7-13)18-15(19)11-23-16(20)10-5-12(2)3/h6-9,12H,4-5,10-11H2,1-3H3,(H,18,19). The first-order valence-electron chi connectivity index (χ1n) is 7.65. The van der Waals surface area contributed by atoms with Crippen molar-refractivity contribution in [2.75, 3.05) is 18.5 Å². The molecule has 0 saturated carbocycles. The minimum atomic E-state index is -0.424. The van der Waals surface area contributed by atoms with Crippen LogP contribution in [0.25, 0.3) is 0 Å². The third-order valence-corrected chi connectivity index (χ3v) is 2.97. The van der Waals surface area contributed by atoms with E-state index in [1.54, 1.807) is 31.2 Å². The summed E-state index contributed by atoms with van der Waals surface area (Å²) in [5.74, 6) is -0.808. The molecule has 126 valence electrons. The first kappa shape index (κ1) is 18.7. The van der Waals surface area contributed by atoms with Crippen LogP contribution in [-0.2, 0) is 19.1 Å². The molecule has 0 fully saturated rings. The van der Waals surface area contributed by atoms with Gasteiger partial charge >= 0.3 is 11.9 Å². The average molecular weight is 321 g/mol. The van der Waals surface area contributed by atoms with Crippen molar-refractivity contribution >= 4 is 23.5 Å². The molecule has 0 spiro atoms. The number of nitrogens with one attached hydrogen (secondary N) is 1. The zero-order chi connectivity index (χ0) is 17.2. The molecular formula is C17H23NO5. The van der Waals surface area contributed by atoms with Crippen molar-refractivity contribution in [3.8, 4) is 0 Å². The molecular weight excluding hydrogens is 298 g/mol. The molecule has 0 atom stereocenters. The van der Waals surface area contributed by atoms with Crippen LogP contribution < -0.4 is 5.32 Å². The smallest absolute Gasteiger partial charge is 0.338 e. The molecule has 0 unspecified atom stereocenters. The summed E-state index contributed by atoms with van der Waals surface area (Å²) in [7, 11) is 0. The summed E-state index contributed by atoms with van der Waals surface area (Å²) in [5.41, 5.74) is 0.922. The van der Waals surface area contributed by atoms with Crippen LogP contribution in [0.1, 0.15) is 44.0 Å². The molecule has 0 heterocycles. The average Bonchev–Trinajstić information content (AvgIpc) is 2.52. The van der Waals surface area contributed by atoms with E-state index in [1.165, 1.54) is 0 Å². The summed E-state index contributed by atoms with van der Waals surface area (Å²) in [6.45, 7) is 5.74. The van der Waals surface area contributed by atoms with Gasteiger partial charge in [0.1, 0.15) is 0 Å². The molecule has 1 rings (SSSR count). The first-order valence-corrected chi connectivity index (χ1v) is 7.65. The van der Waals surface area contributed by atoms with Gasteiger partial charge in [-0.2, -0.15) is 0 Å². The van der Waals surface area contributed by atoms with Crippen LogP contribution in [0.15, 0.2) is 24.3 Å². The zero-order valence-corrected chi connectivity index (χ0v) is 13.8. The Balaban J connectivity index is 2.39. The monoisotopic (exact) mass is 321 g/mol. The maximum Gasteiger partial charge on any atom is 0.338 e. The number of hydrogen-bond acceptors (Lipinski definition) is 5. The number of amides is 1. The molecule has 6 nitrogen and oxygen atoms in total. The van der Waals surface area contributed by atoms with E-state index >= 15 is 0 Å². The third kappa shape index (κ3) is 7.44. The molecule has 0 aliphatic heterocycles. The summed E-state index contributed by atoms with van der Waals surface area (Å²) >= 11 is 0. The summed E-state index contributed by atoms with van der Waals surface area (Å²) in [4.78, 5) is 34.6. The van der Waals surface area contributed by atoms with Gasteiger partial charge in [0.15, 0.2) is 6.61 Å². The van der Waals surface area contributed by atoms with Crippen molar-refractivity contribution in [1.29, 1.82) is 0 Å². The Morgan fingerprint density at radius 3 is 2.30 bits per heavy atom. The van der Waals surface area contributed by atoms with Gasteiger partial charge in [0.2, 0.25) is 0 Å². The van der Waals surface area contributed by atoms with Crippen molar-refractivity contribution in [3.63, 3.8) is 0 Å². The molecule has 23 heavy (non-hydrogen) atoms. The second kappa shape index (κ2) is 9.61. The van der Waals surface area contributed by atoms with Gasteiger partial charge in [0, 0.05) is 12.1 Å². The zero-order valence-electron chi connectivity index (χ0n) is 13.8. The maximum absolute atomic E-state index is 11.7. The second-order valence-corrected chi connectivity index (χ2v) is 5.44. The van der Waals surface area contributed by atoms with E-state index in [4.69, 9.17) is 9.47 Å². The largest absolute Gasteiger partial charge is 0.462 e. The molecule has 0 aliphatic carbocycles. The maximum atomic E-state index is 11.7. The van der Waals surface area contributed by atoms with E-state index in [1.807, 2.05) is 13.8 Å². The molecule has 1 N–H and O–H groups in total. The number of benzene rings is 1. The molecule has 0 saturated heterocycles. The quantitative estimate of drug-likeness (QED) is 0.745. The Bertz CT molecular complexity index is 536. The predicted molar refractivity (Wildman–Crippen MR) is 86.1 cm³/mol. The first-order chi connectivity index (χ1) is 10.9. The SMILES string of the molecule is CCOC(=O)c1ccc(NC(=O)COC(=O)CCC(C)C)cc1. The van der Waals surface area contributed by atoms with Gasteiger partial charge < -0.3 is 14.8 Å². The van der Waals surface area contributed by atoms with Gasteiger partial charge in [-0.3, -0.25) is 9.59 Å². The predicted octanol–water partition coefficient (Wildman–Crippen LogP) is 2.78. The topological polar surface area (TPSA) is 81.7 Å². The number of rotatable bonds is 8. The number of anilines is 1. The van der Waals surface area contributed by atoms with Gasteiger partial charge in [-0.1, -0.05) is 13.8 Å². The summed E-state index contributed by atoms with van der Waals surface area (Å²) in [5, 5.41) is 2.59. The van der Waals surface area contributed by atoms with Crippen molar-refractivity contribution in [1.82, 2.24) is 0 Å². The molecule has 0 radical (unpaired) electrons. The van der Waals surface area contributed by atoms with Crippen LogP contribution in [0, 0.1) is 5.92 Å². The molecule has 0 aromatic heterocycles. The van der Waals surface area contributed by atoms with Gasteiger partial charge in [0.05, 0.1) is 12.2 Å². The highest BCUT2D eigenvalue weighted by atomic mass is 16.5. The van der Waals surface area contributed by atoms with Crippen molar-refractivity contribution in [2.24, 2.45) is 5.92 Å². The lowest BCUT2D eigenvalue weighted by Gasteiger charge is -2.08. The van der Waals surface area contributed by atoms with E-state index in [0.717, 1.165) is 6.42 Å². The fourth-order valence-electron chi connectivity index (χ4n) is 1.73.